The zero-order valence-corrected chi connectivity index (χ0v) is 35.9. The van der Waals surface area contributed by atoms with Gasteiger partial charge in [0.2, 0.25) is 0 Å². The van der Waals surface area contributed by atoms with Gasteiger partial charge < -0.3 is 39.4 Å². The lowest BCUT2D eigenvalue weighted by molar-refractivity contribution is -0.305. The zero-order chi connectivity index (χ0) is 40.7. The number of carbonyl (C=O) groups is 1. The summed E-state index contributed by atoms with van der Waals surface area (Å²) < 4.78 is 22.8. The van der Waals surface area contributed by atoms with E-state index < -0.39 is 43.4 Å². The van der Waals surface area contributed by atoms with Crippen LogP contribution in [0.25, 0.3) is 0 Å². The summed E-state index contributed by atoms with van der Waals surface area (Å²) in [5, 5.41) is 40.1. The summed E-state index contributed by atoms with van der Waals surface area (Å²) in [6.07, 6.45) is 38.8. The Morgan fingerprint density at radius 3 is 1.61 bits per heavy atom. The summed E-state index contributed by atoms with van der Waals surface area (Å²) in [6, 6.07) is 0. The van der Waals surface area contributed by atoms with E-state index in [0.29, 0.717) is 13.0 Å². The highest BCUT2D eigenvalue weighted by Crippen LogP contribution is 2.22. The van der Waals surface area contributed by atoms with Crippen molar-refractivity contribution in [1.29, 1.82) is 0 Å². The molecular weight excluding hydrogens is 709 g/mol. The molecule has 328 valence electrons. The van der Waals surface area contributed by atoms with Gasteiger partial charge in [-0.25, -0.2) is 0 Å². The summed E-state index contributed by atoms with van der Waals surface area (Å²) in [4.78, 5) is 12.8. The third kappa shape index (κ3) is 29.6. The lowest BCUT2D eigenvalue weighted by Crippen LogP contribution is -2.59. The van der Waals surface area contributed by atoms with Crippen LogP contribution >= 0.6 is 0 Å². The molecule has 0 amide bonds. The van der Waals surface area contributed by atoms with Crippen molar-refractivity contribution >= 4 is 5.97 Å². The molecule has 1 aliphatic heterocycles. The molecule has 0 saturated carbocycles. The first-order valence-electron chi connectivity index (χ1n) is 23.1. The van der Waals surface area contributed by atoms with E-state index in [4.69, 9.17) is 18.9 Å². The maximum atomic E-state index is 12.8. The summed E-state index contributed by atoms with van der Waals surface area (Å²) in [5.41, 5.74) is 0. The highest BCUT2D eigenvalue weighted by Gasteiger charge is 2.44. The van der Waals surface area contributed by atoms with Crippen molar-refractivity contribution < 1.29 is 44.2 Å². The average molecular weight is 795 g/mol. The first-order chi connectivity index (χ1) is 27.4. The summed E-state index contributed by atoms with van der Waals surface area (Å²) in [7, 11) is 0. The second-order valence-corrected chi connectivity index (χ2v) is 15.8. The number of rotatable bonds is 39. The number of unbranched alkanes of at least 4 members (excludes halogenated alkanes) is 22. The first kappa shape index (κ1) is 52.4. The average Bonchev–Trinajstić information content (AvgIpc) is 3.20. The second kappa shape index (κ2) is 38.9. The monoisotopic (exact) mass is 795 g/mol. The predicted octanol–water partition coefficient (Wildman–Crippen LogP) is 10.4. The molecule has 6 unspecified atom stereocenters. The molecule has 1 heterocycles. The van der Waals surface area contributed by atoms with E-state index in [1.54, 1.807) is 0 Å². The normalized spacial score (nSPS) is 20.9. The lowest BCUT2D eigenvalue weighted by Gasteiger charge is -2.39. The summed E-state index contributed by atoms with van der Waals surface area (Å²) >= 11 is 0. The molecule has 6 atom stereocenters. The summed E-state index contributed by atoms with van der Waals surface area (Å²) in [5.74, 6) is -0.320. The van der Waals surface area contributed by atoms with E-state index >= 15 is 0 Å². The van der Waals surface area contributed by atoms with Gasteiger partial charge in [0.1, 0.15) is 30.5 Å². The van der Waals surface area contributed by atoms with Crippen molar-refractivity contribution in [2.75, 3.05) is 26.4 Å². The number of hydrogen-bond donors (Lipinski definition) is 4. The largest absolute Gasteiger partial charge is 0.457 e. The van der Waals surface area contributed by atoms with Crippen LogP contribution in [0.1, 0.15) is 194 Å². The number of allylic oxidation sites excluding steroid dienone is 6. The minimum atomic E-state index is -1.54. The Morgan fingerprint density at radius 1 is 0.571 bits per heavy atom. The molecule has 9 heteroatoms. The van der Waals surface area contributed by atoms with Crippen molar-refractivity contribution in [3.05, 3.63) is 36.5 Å². The van der Waals surface area contributed by atoms with Gasteiger partial charge in [0, 0.05) is 13.0 Å². The van der Waals surface area contributed by atoms with Gasteiger partial charge in [-0.2, -0.15) is 0 Å². The molecule has 0 radical (unpaired) electrons. The molecule has 0 bridgehead atoms. The van der Waals surface area contributed by atoms with Crippen molar-refractivity contribution in [3.63, 3.8) is 0 Å². The number of ether oxygens (including phenoxy) is 4. The van der Waals surface area contributed by atoms with Crippen LogP contribution in [0.4, 0.5) is 0 Å². The quantitative estimate of drug-likeness (QED) is 0.0272. The molecular formula is C47H86O9. The fraction of sp³-hybridized carbons (Fsp3) is 0.851. The molecule has 1 saturated heterocycles. The summed E-state index contributed by atoms with van der Waals surface area (Å²) in [6.45, 7) is 4.50. The lowest BCUT2D eigenvalue weighted by atomic mass is 9.99. The molecule has 1 rings (SSSR count). The Kier molecular flexibility index (Phi) is 36.4. The van der Waals surface area contributed by atoms with Crippen LogP contribution in [0.15, 0.2) is 36.5 Å². The molecule has 1 fully saturated rings. The minimum Gasteiger partial charge on any atom is -0.457 e. The fourth-order valence-corrected chi connectivity index (χ4v) is 6.86. The first-order valence-corrected chi connectivity index (χ1v) is 23.1. The molecule has 4 N–H and O–H groups in total. The van der Waals surface area contributed by atoms with Crippen LogP contribution in [0, 0.1) is 0 Å². The Balaban J connectivity index is 2.23. The van der Waals surface area contributed by atoms with E-state index in [0.717, 1.165) is 51.4 Å². The van der Waals surface area contributed by atoms with Crippen LogP contribution in [0.5, 0.6) is 0 Å². The number of hydrogen-bond acceptors (Lipinski definition) is 9. The Bertz CT molecular complexity index is 952. The molecule has 0 aromatic carbocycles. The van der Waals surface area contributed by atoms with Gasteiger partial charge in [0.25, 0.3) is 0 Å². The third-order valence-electron chi connectivity index (χ3n) is 10.5. The SMILES string of the molecule is CCCC/C=C\CCCCCCCCOCC(COC1OC(CO)C(O)C(O)C1O)OC(=O)CCCCCCCCCCC/C=C\C/C=C\CCCCCCC. The van der Waals surface area contributed by atoms with Gasteiger partial charge in [0.15, 0.2) is 6.29 Å². The number of aliphatic hydroxyl groups is 4. The van der Waals surface area contributed by atoms with Gasteiger partial charge >= 0.3 is 5.97 Å². The smallest absolute Gasteiger partial charge is 0.306 e. The van der Waals surface area contributed by atoms with Crippen molar-refractivity contribution in [2.24, 2.45) is 0 Å². The topological polar surface area (TPSA) is 135 Å². The van der Waals surface area contributed by atoms with Gasteiger partial charge in [0.05, 0.1) is 19.8 Å². The molecule has 1 aliphatic rings. The standard InChI is InChI=1S/C47H86O9/c1-3-5-7-9-11-13-15-17-18-19-20-21-22-23-24-25-26-28-30-32-34-36-43(49)55-41(40-54-47-46(52)45(51)44(50)42(38-48)56-47)39-53-37-35-33-31-29-27-16-14-12-10-8-6-4-2/h10,12,15,17,19-20,41-42,44-48,50-52H,3-9,11,13-14,16,18,21-40H2,1-2H3/b12-10-,17-15-,20-19-. The van der Waals surface area contributed by atoms with E-state index in [-0.39, 0.29) is 19.2 Å². The van der Waals surface area contributed by atoms with Crippen LogP contribution in [0.2, 0.25) is 0 Å². The van der Waals surface area contributed by atoms with Crippen molar-refractivity contribution in [1.82, 2.24) is 0 Å². The Labute approximate surface area is 342 Å². The molecule has 0 aliphatic carbocycles. The number of esters is 1. The molecule has 9 nitrogen and oxygen atoms in total. The van der Waals surface area contributed by atoms with Crippen LogP contribution < -0.4 is 0 Å². The molecule has 56 heavy (non-hydrogen) atoms. The van der Waals surface area contributed by atoms with E-state index in [1.807, 2.05) is 0 Å². The van der Waals surface area contributed by atoms with Crippen LogP contribution in [0.3, 0.4) is 0 Å². The molecule has 0 spiro atoms. The van der Waals surface area contributed by atoms with Gasteiger partial charge in [-0.15, -0.1) is 0 Å². The van der Waals surface area contributed by atoms with Gasteiger partial charge in [-0.1, -0.05) is 159 Å². The number of carbonyl (C=O) groups excluding carboxylic acids is 1. The predicted molar refractivity (Wildman–Crippen MR) is 228 cm³/mol. The number of aliphatic hydroxyl groups excluding tert-OH is 4. The van der Waals surface area contributed by atoms with Gasteiger partial charge in [-0.05, 0) is 64.2 Å². The minimum absolute atomic E-state index is 0.117. The Hall–Kier alpha value is -1.59. The third-order valence-corrected chi connectivity index (χ3v) is 10.5. The van der Waals surface area contributed by atoms with Crippen molar-refractivity contribution in [2.45, 2.75) is 230 Å². The molecule has 0 aromatic heterocycles. The highest BCUT2D eigenvalue weighted by atomic mass is 16.7. The van der Waals surface area contributed by atoms with Gasteiger partial charge in [-0.3, -0.25) is 4.79 Å². The highest BCUT2D eigenvalue weighted by molar-refractivity contribution is 5.69. The second-order valence-electron chi connectivity index (χ2n) is 15.8. The van der Waals surface area contributed by atoms with Crippen molar-refractivity contribution in [3.8, 4) is 0 Å². The van der Waals surface area contributed by atoms with E-state index in [9.17, 15) is 25.2 Å². The maximum Gasteiger partial charge on any atom is 0.306 e. The molecule has 0 aromatic rings. The van der Waals surface area contributed by atoms with Crippen LogP contribution in [-0.2, 0) is 23.7 Å². The Morgan fingerprint density at radius 2 is 1.05 bits per heavy atom. The van der Waals surface area contributed by atoms with Crippen LogP contribution in [-0.4, -0.2) is 89.6 Å². The fourth-order valence-electron chi connectivity index (χ4n) is 6.86. The van der Waals surface area contributed by atoms with E-state index in [1.165, 1.54) is 122 Å². The zero-order valence-electron chi connectivity index (χ0n) is 35.9. The maximum absolute atomic E-state index is 12.8. The van der Waals surface area contributed by atoms with E-state index in [2.05, 4.69) is 50.3 Å².